The van der Waals surface area contributed by atoms with Gasteiger partial charge in [-0.05, 0) is 17.5 Å². The van der Waals surface area contributed by atoms with Crippen LogP contribution >= 0.6 is 46.4 Å². The maximum absolute atomic E-state index is 6.47. The van der Waals surface area contributed by atoms with Gasteiger partial charge in [0.25, 0.3) is 0 Å². The second-order valence-electron chi connectivity index (χ2n) is 5.87. The Labute approximate surface area is 144 Å². The summed E-state index contributed by atoms with van der Waals surface area (Å²) in [7, 11) is 0. The summed E-state index contributed by atoms with van der Waals surface area (Å²) in [6, 6.07) is 20.4. The maximum Gasteiger partial charge on any atom is 0.161 e. The molecule has 0 aromatic heterocycles. The molecule has 0 nitrogen and oxygen atoms in total. The zero-order valence-corrected chi connectivity index (χ0v) is 14.0. The average Bonchev–Trinajstić information content (AvgIpc) is 3.30. The Bertz CT molecular complexity index is 638. The zero-order valence-electron chi connectivity index (χ0n) is 11.0. The van der Waals surface area contributed by atoms with E-state index in [0.717, 1.165) is 17.5 Å². The first-order chi connectivity index (χ1) is 9.92. The van der Waals surface area contributed by atoms with E-state index in [9.17, 15) is 0 Å². The summed E-state index contributed by atoms with van der Waals surface area (Å²) in [5, 5.41) is 0. The molecule has 2 aromatic carbocycles. The van der Waals surface area contributed by atoms with Crippen molar-refractivity contribution >= 4 is 46.4 Å². The summed E-state index contributed by atoms with van der Waals surface area (Å²) in [6.45, 7) is 0. The fourth-order valence-corrected chi connectivity index (χ4v) is 6.02. The van der Waals surface area contributed by atoms with E-state index >= 15 is 0 Å². The van der Waals surface area contributed by atoms with Crippen LogP contribution in [-0.2, 0) is 5.41 Å². The summed E-state index contributed by atoms with van der Waals surface area (Å²) in [5.74, 6) is 0. The number of hydrogen-bond donors (Lipinski definition) is 0. The van der Waals surface area contributed by atoms with Crippen molar-refractivity contribution in [2.45, 2.75) is 20.5 Å². The normalized spacial score (nSPS) is 25.5. The largest absolute Gasteiger partial charge is 0.161 e. The highest BCUT2D eigenvalue weighted by Gasteiger charge is 3.01. The molecule has 0 unspecified atom stereocenters. The first kappa shape index (κ1) is 14.2. The van der Waals surface area contributed by atoms with E-state index in [1.165, 1.54) is 0 Å². The Morgan fingerprint density at radius 2 is 1.00 bits per heavy atom. The van der Waals surface area contributed by atoms with Gasteiger partial charge in [0.05, 0.1) is 5.41 Å². The lowest BCUT2D eigenvalue weighted by atomic mass is 9.85. The molecule has 0 heterocycles. The number of halogens is 4. The summed E-state index contributed by atoms with van der Waals surface area (Å²) >= 11 is 25.9. The molecule has 108 valence electrons. The van der Waals surface area contributed by atoms with Crippen LogP contribution in [0.2, 0.25) is 0 Å². The molecule has 0 N–H and O–H groups in total. The fraction of sp³-hybridized carbons (Fsp3) is 0.294. The van der Waals surface area contributed by atoms with Gasteiger partial charge in [-0.25, -0.2) is 0 Å². The van der Waals surface area contributed by atoms with Gasteiger partial charge in [-0.2, -0.15) is 0 Å². The standard InChI is InChI=1S/C17H12Cl4/c18-16(19)15(17(16,20)21)11-14(15,12-7-3-1-4-8-12)13-9-5-2-6-10-13/h1-10H,11H2. The van der Waals surface area contributed by atoms with Crippen LogP contribution in [0.4, 0.5) is 0 Å². The van der Waals surface area contributed by atoms with Crippen LogP contribution in [0.25, 0.3) is 0 Å². The Balaban J connectivity index is 1.94. The molecule has 4 rings (SSSR count). The van der Waals surface area contributed by atoms with Gasteiger partial charge in [-0.1, -0.05) is 107 Å². The quantitative estimate of drug-likeness (QED) is 0.602. The molecule has 2 fully saturated rings. The number of benzene rings is 2. The third-order valence-corrected chi connectivity index (χ3v) is 7.88. The fourth-order valence-electron chi connectivity index (χ4n) is 3.89. The van der Waals surface area contributed by atoms with E-state index in [0.29, 0.717) is 0 Å². The maximum atomic E-state index is 6.47. The van der Waals surface area contributed by atoms with Crippen molar-refractivity contribution < 1.29 is 0 Å². The van der Waals surface area contributed by atoms with Crippen molar-refractivity contribution in [3.05, 3.63) is 71.8 Å². The Kier molecular flexibility index (Phi) is 2.78. The third-order valence-electron chi connectivity index (χ3n) is 5.07. The van der Waals surface area contributed by atoms with E-state index in [-0.39, 0.29) is 5.41 Å². The van der Waals surface area contributed by atoms with Crippen molar-refractivity contribution in [3.8, 4) is 0 Å². The van der Waals surface area contributed by atoms with E-state index in [2.05, 4.69) is 24.3 Å². The van der Waals surface area contributed by atoms with Crippen LogP contribution < -0.4 is 0 Å². The molecule has 0 bridgehead atoms. The number of rotatable bonds is 2. The topological polar surface area (TPSA) is 0 Å². The minimum atomic E-state index is -1.13. The van der Waals surface area contributed by atoms with E-state index < -0.39 is 14.1 Å². The Morgan fingerprint density at radius 1 is 0.619 bits per heavy atom. The second-order valence-corrected chi connectivity index (χ2v) is 8.52. The van der Waals surface area contributed by atoms with Crippen LogP contribution in [0.3, 0.4) is 0 Å². The first-order valence-corrected chi connectivity index (χ1v) is 8.30. The lowest BCUT2D eigenvalue weighted by Crippen LogP contribution is -2.16. The predicted octanol–water partition coefficient (Wildman–Crippen LogP) is 5.72. The summed E-state index contributed by atoms with van der Waals surface area (Å²) in [6.07, 6.45) is 0.758. The van der Waals surface area contributed by atoms with Crippen LogP contribution in [0, 0.1) is 5.41 Å². The molecule has 2 saturated carbocycles. The first-order valence-electron chi connectivity index (χ1n) is 6.78. The summed E-state index contributed by atoms with van der Waals surface area (Å²) in [4.78, 5) is 0. The second kappa shape index (κ2) is 4.11. The molecule has 2 aliphatic carbocycles. The van der Waals surface area contributed by atoms with E-state index in [1.807, 2.05) is 36.4 Å². The lowest BCUT2D eigenvalue weighted by Gasteiger charge is -2.19. The van der Waals surface area contributed by atoms with Crippen molar-refractivity contribution in [1.82, 2.24) is 0 Å². The molecule has 0 saturated heterocycles. The molecule has 1 spiro atoms. The highest BCUT2D eigenvalue weighted by atomic mass is 35.5. The molecule has 0 aliphatic heterocycles. The number of alkyl halides is 4. The van der Waals surface area contributed by atoms with Gasteiger partial charge in [0.2, 0.25) is 0 Å². The molecule has 2 aliphatic rings. The molecule has 0 atom stereocenters. The van der Waals surface area contributed by atoms with Gasteiger partial charge in [-0.15, -0.1) is 0 Å². The van der Waals surface area contributed by atoms with E-state index in [4.69, 9.17) is 46.4 Å². The summed E-state index contributed by atoms with van der Waals surface area (Å²) < 4.78 is -2.26. The third kappa shape index (κ3) is 1.41. The van der Waals surface area contributed by atoms with Crippen LogP contribution in [0.1, 0.15) is 17.5 Å². The highest BCUT2D eigenvalue weighted by Crippen LogP contribution is 2.96. The van der Waals surface area contributed by atoms with Crippen LogP contribution in [0.5, 0.6) is 0 Å². The molecule has 2 aromatic rings. The van der Waals surface area contributed by atoms with Gasteiger partial charge in [0.15, 0.2) is 8.67 Å². The lowest BCUT2D eigenvalue weighted by molar-refractivity contribution is 0.686. The van der Waals surface area contributed by atoms with Crippen molar-refractivity contribution in [2.75, 3.05) is 0 Å². The smallest absolute Gasteiger partial charge is 0.0975 e. The molecule has 0 radical (unpaired) electrons. The minimum Gasteiger partial charge on any atom is -0.0975 e. The number of hydrogen-bond acceptors (Lipinski definition) is 0. The van der Waals surface area contributed by atoms with Gasteiger partial charge >= 0.3 is 0 Å². The Morgan fingerprint density at radius 3 is 1.29 bits per heavy atom. The predicted molar refractivity (Wildman–Crippen MR) is 89.6 cm³/mol. The molecule has 0 amide bonds. The van der Waals surface area contributed by atoms with Crippen molar-refractivity contribution in [2.24, 2.45) is 5.41 Å². The van der Waals surface area contributed by atoms with Crippen LogP contribution in [-0.4, -0.2) is 8.67 Å². The van der Waals surface area contributed by atoms with Gasteiger partial charge in [0.1, 0.15) is 0 Å². The summed E-state index contributed by atoms with van der Waals surface area (Å²) in [5.41, 5.74) is 1.47. The Hall–Kier alpha value is -0.400. The molecular formula is C17H12Cl4. The van der Waals surface area contributed by atoms with Crippen molar-refractivity contribution in [3.63, 3.8) is 0 Å². The average molecular weight is 358 g/mol. The zero-order chi connectivity index (χ0) is 14.9. The molecule has 4 heteroatoms. The monoisotopic (exact) mass is 356 g/mol. The SMILES string of the molecule is ClC1(Cl)C(Cl)(Cl)C12CC2(c1ccccc1)c1ccccc1. The van der Waals surface area contributed by atoms with Gasteiger partial charge < -0.3 is 0 Å². The molecule has 21 heavy (non-hydrogen) atoms. The van der Waals surface area contributed by atoms with E-state index in [1.54, 1.807) is 0 Å². The molecular weight excluding hydrogens is 346 g/mol. The van der Waals surface area contributed by atoms with Crippen LogP contribution in [0.15, 0.2) is 60.7 Å². The van der Waals surface area contributed by atoms with Gasteiger partial charge in [-0.3, -0.25) is 0 Å². The minimum absolute atomic E-state index is 0.317. The van der Waals surface area contributed by atoms with Crippen molar-refractivity contribution in [1.29, 1.82) is 0 Å². The highest BCUT2D eigenvalue weighted by molar-refractivity contribution is 6.69. The van der Waals surface area contributed by atoms with Gasteiger partial charge in [0, 0.05) is 5.41 Å².